The zero-order valence-corrected chi connectivity index (χ0v) is 14.0. The van der Waals surface area contributed by atoms with E-state index in [9.17, 15) is 9.90 Å². The normalized spacial score (nSPS) is 20.8. The number of carbonyl (C=O) groups is 1. The van der Waals surface area contributed by atoms with Crippen LogP contribution >= 0.6 is 0 Å². The van der Waals surface area contributed by atoms with Crippen molar-refractivity contribution in [2.45, 2.75) is 44.8 Å². The summed E-state index contributed by atoms with van der Waals surface area (Å²) in [5.41, 5.74) is -0.458. The molecule has 2 unspecified atom stereocenters. The van der Waals surface area contributed by atoms with E-state index in [-0.39, 0.29) is 17.9 Å². The van der Waals surface area contributed by atoms with Crippen LogP contribution in [0.15, 0.2) is 24.3 Å². The highest BCUT2D eigenvalue weighted by atomic mass is 16.5. The second kappa shape index (κ2) is 7.01. The molecule has 0 bridgehead atoms. The fourth-order valence-electron chi connectivity index (χ4n) is 3.06. The van der Waals surface area contributed by atoms with Crippen LogP contribution in [-0.2, 0) is 4.79 Å². The molecule has 23 heavy (non-hydrogen) atoms. The number of carbonyl (C=O) groups excluding carboxylic acids is 1. The number of benzene rings is 1. The fraction of sp³-hybridized carbons (Fsp3) is 0.556. The zero-order valence-electron chi connectivity index (χ0n) is 14.0. The van der Waals surface area contributed by atoms with Gasteiger partial charge >= 0.3 is 0 Å². The van der Waals surface area contributed by atoms with Crippen LogP contribution in [0, 0.1) is 17.2 Å². The molecule has 1 aliphatic rings. The lowest BCUT2D eigenvalue weighted by Gasteiger charge is -2.32. The maximum absolute atomic E-state index is 12.7. The summed E-state index contributed by atoms with van der Waals surface area (Å²) >= 11 is 0. The lowest BCUT2D eigenvalue weighted by molar-refractivity contribution is -0.145. The van der Waals surface area contributed by atoms with Crippen molar-refractivity contribution in [3.8, 4) is 11.8 Å². The molecular formula is C18H24N2O3. The Bertz CT molecular complexity index is 589. The van der Waals surface area contributed by atoms with Crippen LogP contribution in [-0.4, -0.2) is 41.2 Å². The number of hydrogen-bond acceptors (Lipinski definition) is 4. The minimum Gasteiger partial charge on any atom is -0.478 e. The summed E-state index contributed by atoms with van der Waals surface area (Å²) < 4.78 is 5.81. The number of likely N-dealkylation sites (N-methyl/N-ethyl adjacent to an activating group) is 1. The summed E-state index contributed by atoms with van der Waals surface area (Å²) in [4.78, 5) is 14.3. The highest BCUT2D eigenvalue weighted by molar-refractivity contribution is 5.84. The molecule has 0 aliphatic heterocycles. The smallest absolute Gasteiger partial charge is 0.265 e. The first-order valence-electron chi connectivity index (χ1n) is 7.96. The summed E-state index contributed by atoms with van der Waals surface area (Å²) in [6.07, 6.45) is 2.47. The highest BCUT2D eigenvalue weighted by Gasteiger charge is 2.35. The van der Waals surface area contributed by atoms with Crippen molar-refractivity contribution in [2.75, 3.05) is 13.6 Å². The maximum atomic E-state index is 12.7. The summed E-state index contributed by atoms with van der Waals surface area (Å²) in [6.45, 7) is 4.00. The standard InChI is InChI=1S/C18H24N2O3/c1-18(2,23-15-9-7-13(11-19)8-10-15)17(22)20(3)12-14-5-4-6-16(14)21/h7-10,14,16,21H,4-6,12H2,1-3H3. The maximum Gasteiger partial charge on any atom is 0.265 e. The summed E-state index contributed by atoms with van der Waals surface area (Å²) in [6, 6.07) is 8.75. The van der Waals surface area contributed by atoms with Gasteiger partial charge in [0.15, 0.2) is 5.60 Å². The second-order valence-corrected chi connectivity index (χ2v) is 6.69. The van der Waals surface area contributed by atoms with Gasteiger partial charge in [-0.05, 0) is 51.0 Å². The lowest BCUT2D eigenvalue weighted by Crippen LogP contribution is -2.49. The van der Waals surface area contributed by atoms with E-state index in [4.69, 9.17) is 10.00 Å². The van der Waals surface area contributed by atoms with Gasteiger partial charge in [0, 0.05) is 19.5 Å². The average Bonchev–Trinajstić information content (AvgIpc) is 2.92. The van der Waals surface area contributed by atoms with Crippen LogP contribution in [0.1, 0.15) is 38.7 Å². The van der Waals surface area contributed by atoms with Crippen LogP contribution in [0.5, 0.6) is 5.75 Å². The molecule has 0 radical (unpaired) electrons. The van der Waals surface area contributed by atoms with Crippen molar-refractivity contribution in [1.29, 1.82) is 5.26 Å². The van der Waals surface area contributed by atoms with Gasteiger partial charge in [0.25, 0.3) is 5.91 Å². The van der Waals surface area contributed by atoms with E-state index in [1.165, 1.54) is 0 Å². The van der Waals surface area contributed by atoms with Crippen LogP contribution in [0.3, 0.4) is 0 Å². The summed E-state index contributed by atoms with van der Waals surface area (Å²) in [7, 11) is 1.75. The Labute approximate surface area is 137 Å². The van der Waals surface area contributed by atoms with Gasteiger partial charge < -0.3 is 14.7 Å². The van der Waals surface area contributed by atoms with Gasteiger partial charge in [0.05, 0.1) is 17.7 Å². The minimum atomic E-state index is -1.01. The largest absolute Gasteiger partial charge is 0.478 e. The van der Waals surface area contributed by atoms with E-state index in [1.807, 2.05) is 6.07 Å². The molecule has 0 heterocycles. The third-order valence-electron chi connectivity index (χ3n) is 4.35. The predicted octanol–water partition coefficient (Wildman–Crippen LogP) is 2.34. The zero-order chi connectivity index (χ0) is 17.0. The molecule has 1 aromatic carbocycles. The molecule has 2 rings (SSSR count). The molecule has 5 heteroatoms. The Kier molecular flexibility index (Phi) is 5.27. The first-order valence-corrected chi connectivity index (χ1v) is 7.96. The Balaban J connectivity index is 1.99. The Morgan fingerprint density at radius 3 is 2.57 bits per heavy atom. The molecule has 2 atom stereocenters. The van der Waals surface area contributed by atoms with Crippen molar-refractivity contribution in [1.82, 2.24) is 4.90 Å². The van der Waals surface area contributed by atoms with Crippen molar-refractivity contribution >= 4 is 5.91 Å². The summed E-state index contributed by atoms with van der Waals surface area (Å²) in [5, 5.41) is 18.7. The van der Waals surface area contributed by atoms with E-state index < -0.39 is 5.60 Å². The highest BCUT2D eigenvalue weighted by Crippen LogP contribution is 2.27. The third-order valence-corrected chi connectivity index (χ3v) is 4.35. The minimum absolute atomic E-state index is 0.124. The molecule has 1 aliphatic carbocycles. The summed E-state index contributed by atoms with van der Waals surface area (Å²) in [5.74, 6) is 0.576. The Morgan fingerprint density at radius 1 is 1.39 bits per heavy atom. The van der Waals surface area contributed by atoms with Gasteiger partial charge in [-0.25, -0.2) is 0 Å². The first kappa shape index (κ1) is 17.3. The molecule has 0 aromatic heterocycles. The Morgan fingerprint density at radius 2 is 2.04 bits per heavy atom. The van der Waals surface area contributed by atoms with Crippen LogP contribution in [0.2, 0.25) is 0 Å². The number of nitrogens with zero attached hydrogens (tertiary/aromatic N) is 2. The number of nitriles is 1. The SMILES string of the molecule is CN(CC1CCCC1O)C(=O)C(C)(C)Oc1ccc(C#N)cc1. The number of hydrogen-bond donors (Lipinski definition) is 1. The van der Waals surface area contributed by atoms with Gasteiger partial charge in [-0.3, -0.25) is 4.79 Å². The Hall–Kier alpha value is -2.06. The molecule has 1 saturated carbocycles. The van der Waals surface area contributed by atoms with E-state index in [0.717, 1.165) is 19.3 Å². The average molecular weight is 316 g/mol. The van der Waals surface area contributed by atoms with Crippen LogP contribution < -0.4 is 4.74 Å². The van der Waals surface area contributed by atoms with Crippen molar-refractivity contribution < 1.29 is 14.6 Å². The topological polar surface area (TPSA) is 73.6 Å². The fourth-order valence-corrected chi connectivity index (χ4v) is 3.06. The first-order chi connectivity index (χ1) is 10.8. The monoisotopic (exact) mass is 316 g/mol. The molecule has 0 spiro atoms. The number of amides is 1. The van der Waals surface area contributed by atoms with E-state index in [2.05, 4.69) is 0 Å². The van der Waals surface area contributed by atoms with Crippen molar-refractivity contribution in [3.63, 3.8) is 0 Å². The van der Waals surface area contributed by atoms with E-state index in [0.29, 0.717) is 17.9 Å². The van der Waals surface area contributed by atoms with Crippen molar-refractivity contribution in [3.05, 3.63) is 29.8 Å². The molecule has 5 nitrogen and oxygen atoms in total. The van der Waals surface area contributed by atoms with Crippen LogP contribution in [0.25, 0.3) is 0 Å². The number of rotatable bonds is 5. The molecule has 124 valence electrons. The molecular weight excluding hydrogens is 292 g/mol. The molecule has 0 saturated heterocycles. The number of ether oxygens (including phenoxy) is 1. The van der Waals surface area contributed by atoms with Gasteiger partial charge in [-0.15, -0.1) is 0 Å². The molecule has 1 amide bonds. The molecule has 1 N–H and O–H groups in total. The molecule has 1 aromatic rings. The van der Waals surface area contributed by atoms with Gasteiger partial charge in [-0.2, -0.15) is 5.26 Å². The van der Waals surface area contributed by atoms with Crippen LogP contribution in [0.4, 0.5) is 0 Å². The van der Waals surface area contributed by atoms with Gasteiger partial charge in [0.2, 0.25) is 0 Å². The molecule has 1 fully saturated rings. The predicted molar refractivity (Wildman–Crippen MR) is 86.8 cm³/mol. The van der Waals surface area contributed by atoms with Gasteiger partial charge in [0.1, 0.15) is 5.75 Å². The quantitative estimate of drug-likeness (QED) is 0.905. The van der Waals surface area contributed by atoms with Gasteiger partial charge in [-0.1, -0.05) is 6.42 Å². The van der Waals surface area contributed by atoms with E-state index >= 15 is 0 Å². The van der Waals surface area contributed by atoms with Crippen molar-refractivity contribution in [2.24, 2.45) is 5.92 Å². The third kappa shape index (κ3) is 4.23. The number of aliphatic hydroxyl groups excluding tert-OH is 1. The van der Waals surface area contributed by atoms with E-state index in [1.54, 1.807) is 50.1 Å². The second-order valence-electron chi connectivity index (χ2n) is 6.69. The lowest BCUT2D eigenvalue weighted by atomic mass is 10.0. The number of aliphatic hydroxyl groups is 1.